The van der Waals surface area contributed by atoms with Gasteiger partial charge >= 0.3 is 6.09 Å². The van der Waals surface area contributed by atoms with E-state index in [4.69, 9.17) is 4.74 Å². The van der Waals surface area contributed by atoms with E-state index < -0.39 is 15.9 Å². The number of carbonyl (C=O) groups is 1. The molecule has 1 N–H and O–H groups in total. The Kier molecular flexibility index (Phi) is 2.97. The molecule has 1 aliphatic carbocycles. The van der Waals surface area contributed by atoms with Crippen molar-refractivity contribution in [2.45, 2.75) is 12.6 Å². The first kappa shape index (κ1) is 12.5. The first-order valence-corrected chi connectivity index (χ1v) is 8.05. The first-order valence-electron chi connectivity index (χ1n) is 6.23. The molecule has 5 nitrogen and oxygen atoms in total. The Hall–Kier alpha value is -1.56. The van der Waals surface area contributed by atoms with Crippen molar-refractivity contribution in [3.8, 4) is 0 Å². The molecule has 2 atom stereocenters. The van der Waals surface area contributed by atoms with Gasteiger partial charge in [-0.2, -0.15) is 0 Å². The number of hydrogen-bond donors (Lipinski definition) is 1. The van der Waals surface area contributed by atoms with Gasteiger partial charge in [-0.05, 0) is 17.4 Å². The van der Waals surface area contributed by atoms with Crippen LogP contribution in [0.4, 0.5) is 4.79 Å². The van der Waals surface area contributed by atoms with Gasteiger partial charge in [0.1, 0.15) is 6.61 Å². The number of fused-ring (bicyclic) bond motifs is 1. The van der Waals surface area contributed by atoms with Gasteiger partial charge in [-0.1, -0.05) is 30.3 Å². The van der Waals surface area contributed by atoms with Crippen LogP contribution in [0.15, 0.2) is 30.3 Å². The number of rotatable bonds is 3. The zero-order valence-corrected chi connectivity index (χ0v) is 11.1. The smallest absolute Gasteiger partial charge is 0.407 e. The molecule has 0 bridgehead atoms. The van der Waals surface area contributed by atoms with Crippen LogP contribution in [-0.2, 0) is 21.2 Å². The highest BCUT2D eigenvalue weighted by atomic mass is 32.2. The normalized spacial score (nSPS) is 30.4. The van der Waals surface area contributed by atoms with Crippen LogP contribution in [0.5, 0.6) is 0 Å². The third-order valence-electron chi connectivity index (χ3n) is 3.72. The molecule has 2 unspecified atom stereocenters. The number of nitrogens with one attached hydrogen (secondary N) is 1. The fraction of sp³-hybridized carbons (Fsp3) is 0.462. The molecule has 1 amide bonds. The van der Waals surface area contributed by atoms with Gasteiger partial charge in [0.15, 0.2) is 9.84 Å². The molecule has 0 aromatic heterocycles. The van der Waals surface area contributed by atoms with E-state index in [0.29, 0.717) is 0 Å². The zero-order chi connectivity index (χ0) is 13.5. The third-order valence-corrected chi connectivity index (χ3v) is 5.51. The lowest BCUT2D eigenvalue weighted by Gasteiger charge is -2.08. The molecular weight excluding hydrogens is 266 g/mol. The summed E-state index contributed by atoms with van der Waals surface area (Å²) in [7, 11) is -2.86. The molecule has 1 aromatic carbocycles. The molecule has 2 aliphatic rings. The van der Waals surface area contributed by atoms with Crippen LogP contribution in [0.1, 0.15) is 5.56 Å². The van der Waals surface area contributed by atoms with Crippen molar-refractivity contribution < 1.29 is 17.9 Å². The van der Waals surface area contributed by atoms with Gasteiger partial charge in [-0.3, -0.25) is 0 Å². The molecule has 0 radical (unpaired) electrons. The molecular formula is C13H15NO4S. The van der Waals surface area contributed by atoms with Gasteiger partial charge in [0.05, 0.1) is 11.5 Å². The number of alkyl carbamates (subject to hydrolysis) is 1. The van der Waals surface area contributed by atoms with Crippen LogP contribution in [-0.4, -0.2) is 32.1 Å². The van der Waals surface area contributed by atoms with Gasteiger partial charge in [-0.15, -0.1) is 0 Å². The van der Waals surface area contributed by atoms with Crippen LogP contribution in [0, 0.1) is 11.8 Å². The van der Waals surface area contributed by atoms with E-state index in [0.717, 1.165) is 5.56 Å². The van der Waals surface area contributed by atoms with E-state index in [2.05, 4.69) is 5.32 Å². The third kappa shape index (κ3) is 2.73. The molecule has 1 saturated heterocycles. The monoisotopic (exact) mass is 281 g/mol. The summed E-state index contributed by atoms with van der Waals surface area (Å²) >= 11 is 0. The first-order chi connectivity index (χ1) is 9.05. The van der Waals surface area contributed by atoms with Crippen LogP contribution >= 0.6 is 0 Å². The zero-order valence-electron chi connectivity index (χ0n) is 10.3. The van der Waals surface area contributed by atoms with Crippen LogP contribution in [0.3, 0.4) is 0 Å². The van der Waals surface area contributed by atoms with Crippen LogP contribution < -0.4 is 5.32 Å². The van der Waals surface area contributed by atoms with Crippen molar-refractivity contribution in [2.75, 3.05) is 11.5 Å². The molecule has 1 aromatic rings. The SMILES string of the molecule is O=C(NC1C2CS(=O)(=O)CC21)OCc1ccccc1. The summed E-state index contributed by atoms with van der Waals surface area (Å²) < 4.78 is 27.6. The highest BCUT2D eigenvalue weighted by molar-refractivity contribution is 7.91. The molecule has 1 aliphatic heterocycles. The average Bonchev–Trinajstić information content (AvgIpc) is 2.84. The minimum absolute atomic E-state index is 0.0215. The van der Waals surface area contributed by atoms with Crippen molar-refractivity contribution >= 4 is 15.9 Å². The number of ether oxygens (including phenoxy) is 1. The van der Waals surface area contributed by atoms with Crippen molar-refractivity contribution in [1.82, 2.24) is 5.32 Å². The minimum Gasteiger partial charge on any atom is -0.445 e. The molecule has 0 spiro atoms. The van der Waals surface area contributed by atoms with E-state index >= 15 is 0 Å². The number of benzene rings is 1. The van der Waals surface area contributed by atoms with E-state index in [1.54, 1.807) is 0 Å². The van der Waals surface area contributed by atoms with Crippen LogP contribution in [0.25, 0.3) is 0 Å². The molecule has 2 fully saturated rings. The van der Waals surface area contributed by atoms with Gasteiger partial charge in [0.25, 0.3) is 0 Å². The Labute approximate surface area is 111 Å². The quantitative estimate of drug-likeness (QED) is 0.895. The number of amides is 1. The maximum Gasteiger partial charge on any atom is 0.407 e. The summed E-state index contributed by atoms with van der Waals surface area (Å²) in [5, 5.41) is 2.74. The summed E-state index contributed by atoms with van der Waals surface area (Å²) in [6.45, 7) is 0.229. The highest BCUT2D eigenvalue weighted by Crippen LogP contribution is 2.46. The second-order valence-electron chi connectivity index (χ2n) is 5.14. The summed E-state index contributed by atoms with van der Waals surface area (Å²) in [5.74, 6) is 0.575. The molecule has 1 saturated carbocycles. The van der Waals surface area contributed by atoms with E-state index in [1.807, 2.05) is 30.3 Å². The fourth-order valence-corrected chi connectivity index (χ4v) is 4.89. The summed E-state index contributed by atoms with van der Waals surface area (Å²) in [6.07, 6.45) is -0.472. The Morgan fingerprint density at radius 1 is 1.21 bits per heavy atom. The molecule has 6 heteroatoms. The van der Waals surface area contributed by atoms with Gasteiger partial charge in [0.2, 0.25) is 0 Å². The van der Waals surface area contributed by atoms with Gasteiger partial charge < -0.3 is 10.1 Å². The fourth-order valence-electron chi connectivity index (χ4n) is 2.67. The average molecular weight is 281 g/mol. The minimum atomic E-state index is -2.86. The molecule has 1 heterocycles. The second-order valence-corrected chi connectivity index (χ2v) is 7.29. The summed E-state index contributed by atoms with van der Waals surface area (Å²) in [4.78, 5) is 11.6. The predicted molar refractivity (Wildman–Crippen MR) is 69.2 cm³/mol. The molecule has 102 valence electrons. The molecule has 3 rings (SSSR count). The molecule has 19 heavy (non-hydrogen) atoms. The predicted octanol–water partition coefficient (Wildman–Crippen LogP) is 0.956. The number of sulfone groups is 1. The lowest BCUT2D eigenvalue weighted by molar-refractivity contribution is 0.138. The Morgan fingerprint density at radius 3 is 2.47 bits per heavy atom. The van der Waals surface area contributed by atoms with E-state index in [1.165, 1.54) is 0 Å². The lowest BCUT2D eigenvalue weighted by Crippen LogP contribution is -2.31. The largest absolute Gasteiger partial charge is 0.445 e. The van der Waals surface area contributed by atoms with E-state index in [9.17, 15) is 13.2 Å². The highest BCUT2D eigenvalue weighted by Gasteiger charge is 2.59. The van der Waals surface area contributed by atoms with Gasteiger partial charge in [0, 0.05) is 6.04 Å². The van der Waals surface area contributed by atoms with Crippen molar-refractivity contribution in [2.24, 2.45) is 11.8 Å². The second kappa shape index (κ2) is 4.52. The Morgan fingerprint density at radius 2 is 1.84 bits per heavy atom. The van der Waals surface area contributed by atoms with Crippen molar-refractivity contribution in [3.63, 3.8) is 0 Å². The van der Waals surface area contributed by atoms with Gasteiger partial charge in [-0.25, -0.2) is 13.2 Å². The van der Waals surface area contributed by atoms with Crippen LogP contribution in [0.2, 0.25) is 0 Å². The van der Waals surface area contributed by atoms with Crippen molar-refractivity contribution in [3.05, 3.63) is 35.9 Å². The Balaban J connectivity index is 1.44. The summed E-state index contributed by atoms with van der Waals surface area (Å²) in [6, 6.07) is 9.40. The topological polar surface area (TPSA) is 72.5 Å². The van der Waals surface area contributed by atoms with E-state index in [-0.39, 0.29) is 36.0 Å². The Bertz CT molecular complexity index is 566. The number of hydrogen-bond acceptors (Lipinski definition) is 4. The van der Waals surface area contributed by atoms with Crippen molar-refractivity contribution in [1.29, 1.82) is 0 Å². The standard InChI is InChI=1S/C13H15NO4S/c15-13(18-6-9-4-2-1-3-5-9)14-12-10-7-19(16,17)8-11(10)12/h1-5,10-12H,6-8H2,(H,14,15). The maximum atomic E-state index is 11.6. The number of carbonyl (C=O) groups excluding carboxylic acids is 1. The summed E-state index contributed by atoms with van der Waals surface area (Å²) in [5.41, 5.74) is 0.927. The lowest BCUT2D eigenvalue weighted by atomic mass is 10.2. The maximum absolute atomic E-state index is 11.6.